The summed E-state index contributed by atoms with van der Waals surface area (Å²) in [5.74, 6) is 0.781. The number of hydrogen-bond donors (Lipinski definition) is 0. The van der Waals surface area contributed by atoms with Crippen molar-refractivity contribution in [2.75, 3.05) is 0 Å². The highest BCUT2D eigenvalue weighted by atomic mass is 35.5. The van der Waals surface area contributed by atoms with E-state index in [4.69, 9.17) is 39.5 Å². The Morgan fingerprint density at radius 1 is 0.889 bits per heavy atom. The van der Waals surface area contributed by atoms with Crippen LogP contribution in [0.4, 0.5) is 0 Å². The van der Waals surface area contributed by atoms with Crippen molar-refractivity contribution in [3.05, 3.63) is 62.6 Å². The third kappa shape index (κ3) is 3.32. The van der Waals surface area contributed by atoms with E-state index in [1.807, 2.05) is 31.2 Å². The third-order valence-electron chi connectivity index (χ3n) is 2.52. The van der Waals surface area contributed by atoms with E-state index in [-0.39, 0.29) is 0 Å². The number of hydrogen-bond acceptors (Lipinski definition) is 1. The summed E-state index contributed by atoms with van der Waals surface area (Å²) >= 11 is 17.7. The van der Waals surface area contributed by atoms with Crippen molar-refractivity contribution in [2.24, 2.45) is 0 Å². The van der Waals surface area contributed by atoms with Crippen LogP contribution in [0.1, 0.15) is 11.1 Å². The van der Waals surface area contributed by atoms with Gasteiger partial charge in [-0.3, -0.25) is 0 Å². The van der Waals surface area contributed by atoms with Gasteiger partial charge >= 0.3 is 0 Å². The van der Waals surface area contributed by atoms with Crippen LogP contribution in [0.2, 0.25) is 15.1 Å². The number of halogens is 3. The molecule has 0 heterocycles. The first-order valence-corrected chi connectivity index (χ1v) is 6.52. The Kier molecular flexibility index (Phi) is 4.39. The first kappa shape index (κ1) is 13.5. The highest BCUT2D eigenvalue weighted by molar-refractivity contribution is 6.42. The number of rotatable bonds is 3. The monoisotopic (exact) mass is 300 g/mol. The highest BCUT2D eigenvalue weighted by Gasteiger charge is 2.02. The molecule has 2 aromatic carbocycles. The molecular formula is C14H11Cl3O. The molecule has 0 saturated heterocycles. The van der Waals surface area contributed by atoms with Gasteiger partial charge in [0.2, 0.25) is 0 Å². The molecule has 0 aliphatic carbocycles. The molecule has 2 rings (SSSR count). The second-order valence-corrected chi connectivity index (χ2v) is 5.17. The Labute approximate surface area is 121 Å². The minimum atomic E-state index is 0.442. The van der Waals surface area contributed by atoms with E-state index in [0.717, 1.165) is 21.9 Å². The van der Waals surface area contributed by atoms with Gasteiger partial charge in [0.15, 0.2) is 0 Å². The molecule has 0 bridgehead atoms. The SMILES string of the molecule is Cc1cc(OCc2ccc(Cl)c(Cl)c2)ccc1Cl. The maximum absolute atomic E-state index is 5.95. The fraction of sp³-hybridized carbons (Fsp3) is 0.143. The van der Waals surface area contributed by atoms with Crippen LogP contribution in [0.25, 0.3) is 0 Å². The minimum absolute atomic E-state index is 0.442. The smallest absolute Gasteiger partial charge is 0.120 e. The van der Waals surface area contributed by atoms with Gasteiger partial charge in [-0.15, -0.1) is 0 Å². The first-order chi connectivity index (χ1) is 8.56. The molecule has 0 N–H and O–H groups in total. The van der Waals surface area contributed by atoms with Crippen LogP contribution in [0.15, 0.2) is 36.4 Å². The van der Waals surface area contributed by atoms with Gasteiger partial charge in [0.05, 0.1) is 10.0 Å². The molecule has 0 spiro atoms. The molecule has 1 nitrogen and oxygen atoms in total. The average molecular weight is 302 g/mol. The van der Waals surface area contributed by atoms with E-state index in [0.29, 0.717) is 16.7 Å². The number of ether oxygens (including phenoxy) is 1. The second kappa shape index (κ2) is 5.83. The van der Waals surface area contributed by atoms with Crippen LogP contribution in [0, 0.1) is 6.92 Å². The highest BCUT2D eigenvalue weighted by Crippen LogP contribution is 2.25. The predicted molar refractivity (Wildman–Crippen MR) is 77.0 cm³/mol. The summed E-state index contributed by atoms with van der Waals surface area (Å²) in [6, 6.07) is 11.0. The summed E-state index contributed by atoms with van der Waals surface area (Å²) in [6.07, 6.45) is 0. The lowest BCUT2D eigenvalue weighted by Crippen LogP contribution is -1.95. The lowest BCUT2D eigenvalue weighted by Gasteiger charge is -2.08. The van der Waals surface area contributed by atoms with Crippen molar-refractivity contribution < 1.29 is 4.74 Å². The molecule has 0 radical (unpaired) electrons. The zero-order chi connectivity index (χ0) is 13.1. The Bertz CT molecular complexity index is 515. The molecule has 0 aliphatic rings. The van der Waals surface area contributed by atoms with E-state index < -0.39 is 0 Å². The molecule has 0 aromatic heterocycles. The summed E-state index contributed by atoms with van der Waals surface area (Å²) in [4.78, 5) is 0. The molecule has 0 aliphatic heterocycles. The van der Waals surface area contributed by atoms with Gasteiger partial charge in [0.25, 0.3) is 0 Å². The third-order valence-corrected chi connectivity index (χ3v) is 3.68. The zero-order valence-corrected chi connectivity index (χ0v) is 12.0. The van der Waals surface area contributed by atoms with Gasteiger partial charge < -0.3 is 4.74 Å². The zero-order valence-electron chi connectivity index (χ0n) is 9.71. The van der Waals surface area contributed by atoms with E-state index >= 15 is 0 Å². The van der Waals surface area contributed by atoms with Crippen molar-refractivity contribution in [1.82, 2.24) is 0 Å². The van der Waals surface area contributed by atoms with Crippen molar-refractivity contribution in [2.45, 2.75) is 13.5 Å². The van der Waals surface area contributed by atoms with Gasteiger partial charge in [0, 0.05) is 5.02 Å². The second-order valence-electron chi connectivity index (χ2n) is 3.95. The fourth-order valence-corrected chi connectivity index (χ4v) is 1.94. The minimum Gasteiger partial charge on any atom is -0.489 e. The van der Waals surface area contributed by atoms with Crippen LogP contribution < -0.4 is 4.74 Å². The van der Waals surface area contributed by atoms with Gasteiger partial charge in [-0.05, 0) is 48.4 Å². The van der Waals surface area contributed by atoms with Crippen LogP contribution in [0.3, 0.4) is 0 Å². The summed E-state index contributed by atoms with van der Waals surface area (Å²) in [7, 11) is 0. The van der Waals surface area contributed by atoms with Gasteiger partial charge in [-0.2, -0.15) is 0 Å². The van der Waals surface area contributed by atoms with E-state index in [9.17, 15) is 0 Å². The topological polar surface area (TPSA) is 9.23 Å². The first-order valence-electron chi connectivity index (χ1n) is 5.39. The van der Waals surface area contributed by atoms with Crippen LogP contribution in [-0.4, -0.2) is 0 Å². The summed E-state index contributed by atoms with van der Waals surface area (Å²) in [5.41, 5.74) is 1.96. The van der Waals surface area contributed by atoms with Gasteiger partial charge in [-0.1, -0.05) is 40.9 Å². The Morgan fingerprint density at radius 3 is 2.28 bits per heavy atom. The van der Waals surface area contributed by atoms with E-state index in [1.54, 1.807) is 12.1 Å². The molecule has 94 valence electrons. The lowest BCUT2D eigenvalue weighted by molar-refractivity contribution is 0.306. The summed E-state index contributed by atoms with van der Waals surface area (Å²) < 4.78 is 5.66. The molecule has 0 saturated carbocycles. The molecule has 0 fully saturated rings. The molecular weight excluding hydrogens is 291 g/mol. The molecule has 0 amide bonds. The predicted octanol–water partition coefficient (Wildman–Crippen LogP) is 5.53. The normalized spacial score (nSPS) is 10.4. The largest absolute Gasteiger partial charge is 0.489 e. The molecule has 4 heteroatoms. The van der Waals surface area contributed by atoms with Crippen molar-refractivity contribution in [3.63, 3.8) is 0 Å². The van der Waals surface area contributed by atoms with E-state index in [1.165, 1.54) is 0 Å². The number of benzene rings is 2. The van der Waals surface area contributed by atoms with Gasteiger partial charge in [0.1, 0.15) is 12.4 Å². The maximum atomic E-state index is 5.95. The Hall–Kier alpha value is -0.890. The fourth-order valence-electron chi connectivity index (χ4n) is 1.50. The van der Waals surface area contributed by atoms with Crippen LogP contribution in [0.5, 0.6) is 5.75 Å². The van der Waals surface area contributed by atoms with Crippen LogP contribution in [-0.2, 0) is 6.61 Å². The van der Waals surface area contributed by atoms with Crippen molar-refractivity contribution in [3.8, 4) is 5.75 Å². The Balaban J connectivity index is 2.06. The molecule has 18 heavy (non-hydrogen) atoms. The van der Waals surface area contributed by atoms with Gasteiger partial charge in [-0.25, -0.2) is 0 Å². The number of aryl methyl sites for hydroxylation is 1. The Morgan fingerprint density at radius 2 is 1.61 bits per heavy atom. The lowest BCUT2D eigenvalue weighted by atomic mass is 10.2. The quantitative estimate of drug-likeness (QED) is 0.724. The maximum Gasteiger partial charge on any atom is 0.120 e. The average Bonchev–Trinajstić information content (AvgIpc) is 2.35. The molecule has 2 aromatic rings. The van der Waals surface area contributed by atoms with Crippen LogP contribution >= 0.6 is 34.8 Å². The van der Waals surface area contributed by atoms with Crippen molar-refractivity contribution >= 4 is 34.8 Å². The summed E-state index contributed by atoms with van der Waals surface area (Å²) in [6.45, 7) is 2.38. The molecule has 0 unspecified atom stereocenters. The molecule has 0 atom stereocenters. The van der Waals surface area contributed by atoms with E-state index in [2.05, 4.69) is 0 Å². The summed E-state index contributed by atoms with van der Waals surface area (Å²) in [5, 5.41) is 1.81. The standard InChI is InChI=1S/C14H11Cl3O/c1-9-6-11(3-5-12(9)15)18-8-10-2-4-13(16)14(17)7-10/h2-7H,8H2,1H3. The van der Waals surface area contributed by atoms with Crippen molar-refractivity contribution in [1.29, 1.82) is 0 Å².